The molecule has 1 atom stereocenters. The predicted molar refractivity (Wildman–Crippen MR) is 134 cm³/mol. The highest BCUT2D eigenvalue weighted by Crippen LogP contribution is 2.32. The lowest BCUT2D eigenvalue weighted by Crippen LogP contribution is -2.52. The molecule has 0 radical (unpaired) electrons. The molecule has 3 N–H and O–H groups in total. The Balaban J connectivity index is 1.24. The summed E-state index contributed by atoms with van der Waals surface area (Å²) in [6.45, 7) is 0.100. The molecule has 3 heterocycles. The van der Waals surface area contributed by atoms with Crippen LogP contribution in [0.15, 0.2) is 54.7 Å². The van der Waals surface area contributed by atoms with Gasteiger partial charge in [-0.2, -0.15) is 0 Å². The molecule has 1 fully saturated rings. The highest BCUT2D eigenvalue weighted by molar-refractivity contribution is 6.07. The van der Waals surface area contributed by atoms with E-state index < -0.39 is 11.9 Å². The molecule has 2 aromatic carbocycles. The van der Waals surface area contributed by atoms with E-state index in [0.29, 0.717) is 34.2 Å². The van der Waals surface area contributed by atoms with Crippen molar-refractivity contribution in [2.45, 2.75) is 25.4 Å². The van der Waals surface area contributed by atoms with Gasteiger partial charge in [0.05, 0.1) is 13.7 Å². The van der Waals surface area contributed by atoms with E-state index in [1.54, 1.807) is 37.6 Å². The molecule has 1 unspecified atom stereocenters. The van der Waals surface area contributed by atoms with Crippen molar-refractivity contribution in [1.82, 2.24) is 20.2 Å². The fourth-order valence-electron chi connectivity index (χ4n) is 4.43. The number of anilines is 2. The first-order valence-corrected chi connectivity index (χ1v) is 11.7. The van der Waals surface area contributed by atoms with Crippen molar-refractivity contribution in [1.29, 1.82) is 0 Å². The number of hydrogen-bond acceptors (Lipinski definition) is 8. The largest absolute Gasteiger partial charge is 0.497 e. The average Bonchev–Trinajstić information content (AvgIpc) is 3.25. The normalized spacial score (nSPS) is 16.7. The Morgan fingerprint density at radius 3 is 2.81 bits per heavy atom. The topological polar surface area (TPSA) is 143 Å². The van der Waals surface area contributed by atoms with Gasteiger partial charge in [-0.3, -0.25) is 24.5 Å². The van der Waals surface area contributed by atoms with Gasteiger partial charge >= 0.3 is 0 Å². The van der Waals surface area contributed by atoms with E-state index in [9.17, 15) is 19.2 Å². The summed E-state index contributed by atoms with van der Waals surface area (Å²) in [6.07, 6.45) is 2.04. The van der Waals surface area contributed by atoms with E-state index >= 15 is 0 Å². The lowest BCUT2D eigenvalue weighted by atomic mass is 10.0. The van der Waals surface area contributed by atoms with E-state index in [2.05, 4.69) is 25.9 Å². The number of nitrogens with zero attached hydrogens (tertiary/aromatic N) is 3. The van der Waals surface area contributed by atoms with Crippen LogP contribution in [-0.2, 0) is 20.9 Å². The fourth-order valence-corrected chi connectivity index (χ4v) is 4.43. The maximum atomic E-state index is 13.0. The highest BCUT2D eigenvalue weighted by Gasteiger charge is 2.39. The van der Waals surface area contributed by atoms with Gasteiger partial charge in [0, 0.05) is 41.5 Å². The number of carbonyl (C=O) groups excluding carboxylic acids is 4. The minimum absolute atomic E-state index is 0.0664. The van der Waals surface area contributed by atoms with Crippen LogP contribution in [0.5, 0.6) is 5.75 Å². The zero-order valence-electron chi connectivity index (χ0n) is 20.0. The number of imide groups is 1. The van der Waals surface area contributed by atoms with Crippen LogP contribution >= 0.6 is 0 Å². The van der Waals surface area contributed by atoms with Crippen molar-refractivity contribution in [2.24, 2.45) is 0 Å². The number of fused-ring (bicyclic) bond motifs is 1. The van der Waals surface area contributed by atoms with Crippen LogP contribution < -0.4 is 20.7 Å². The standard InChI is InChI=1S/C26H24N6O5/c1-37-16-5-2-4-15(12-16)24-27-11-10-21(30-24)28-13-23(34)29-19-7-3-6-17-18(19)14-32(26(17)36)20-8-9-22(33)31-25(20)35/h2-7,10-12,20H,8-9,13-14H2,1H3,(H,29,34)(H,27,28,30)(H,31,33,35). The summed E-state index contributed by atoms with van der Waals surface area (Å²) in [5, 5.41) is 8.12. The van der Waals surface area contributed by atoms with E-state index in [4.69, 9.17) is 4.74 Å². The summed E-state index contributed by atoms with van der Waals surface area (Å²) in [7, 11) is 1.58. The number of ether oxygens (including phenoxy) is 1. The third-order valence-electron chi connectivity index (χ3n) is 6.27. The molecule has 0 spiro atoms. The molecule has 11 nitrogen and oxygen atoms in total. The number of rotatable bonds is 7. The molecular formula is C26H24N6O5. The number of piperidine rings is 1. The Kier molecular flexibility index (Phi) is 6.50. The van der Waals surface area contributed by atoms with Crippen LogP contribution in [0, 0.1) is 0 Å². The highest BCUT2D eigenvalue weighted by atomic mass is 16.5. The Morgan fingerprint density at radius 2 is 2.00 bits per heavy atom. The van der Waals surface area contributed by atoms with Gasteiger partial charge in [0.15, 0.2) is 5.82 Å². The number of nitrogens with one attached hydrogen (secondary N) is 3. The molecule has 5 rings (SSSR count). The van der Waals surface area contributed by atoms with Gasteiger partial charge < -0.3 is 20.3 Å². The second kappa shape index (κ2) is 10.1. The molecule has 2 aliphatic rings. The molecule has 2 aliphatic heterocycles. The van der Waals surface area contributed by atoms with Gasteiger partial charge in [0.2, 0.25) is 17.7 Å². The number of carbonyl (C=O) groups is 4. The second-order valence-electron chi connectivity index (χ2n) is 8.63. The van der Waals surface area contributed by atoms with Crippen LogP contribution in [0.25, 0.3) is 11.4 Å². The first kappa shape index (κ1) is 23.9. The monoisotopic (exact) mass is 500 g/mol. The molecule has 188 valence electrons. The molecule has 0 aliphatic carbocycles. The molecule has 1 aromatic heterocycles. The molecule has 37 heavy (non-hydrogen) atoms. The van der Waals surface area contributed by atoms with Gasteiger partial charge in [-0.05, 0) is 36.8 Å². The third-order valence-corrected chi connectivity index (χ3v) is 6.27. The minimum Gasteiger partial charge on any atom is -0.497 e. The van der Waals surface area contributed by atoms with Crippen molar-refractivity contribution in [3.05, 3.63) is 65.9 Å². The van der Waals surface area contributed by atoms with Crippen molar-refractivity contribution in [2.75, 3.05) is 24.3 Å². The molecular weight excluding hydrogens is 476 g/mol. The first-order chi connectivity index (χ1) is 17.9. The van der Waals surface area contributed by atoms with Crippen LogP contribution in [-0.4, -0.2) is 58.2 Å². The first-order valence-electron chi connectivity index (χ1n) is 11.7. The summed E-state index contributed by atoms with van der Waals surface area (Å²) >= 11 is 0. The maximum absolute atomic E-state index is 13.0. The fraction of sp³-hybridized carbons (Fsp3) is 0.231. The van der Waals surface area contributed by atoms with Crippen LogP contribution in [0.2, 0.25) is 0 Å². The predicted octanol–water partition coefficient (Wildman–Crippen LogP) is 1.96. The van der Waals surface area contributed by atoms with Crippen LogP contribution in [0.4, 0.5) is 11.5 Å². The summed E-state index contributed by atoms with van der Waals surface area (Å²) in [4.78, 5) is 59.7. The van der Waals surface area contributed by atoms with Crippen molar-refractivity contribution >= 4 is 35.1 Å². The maximum Gasteiger partial charge on any atom is 0.255 e. The second-order valence-corrected chi connectivity index (χ2v) is 8.63. The van der Waals surface area contributed by atoms with E-state index in [1.807, 2.05) is 24.3 Å². The van der Waals surface area contributed by atoms with Gasteiger partial charge in [-0.1, -0.05) is 18.2 Å². The zero-order valence-corrected chi connectivity index (χ0v) is 20.0. The lowest BCUT2D eigenvalue weighted by molar-refractivity contribution is -0.137. The van der Waals surface area contributed by atoms with Crippen LogP contribution in [0.3, 0.4) is 0 Å². The third kappa shape index (κ3) is 4.96. The van der Waals surface area contributed by atoms with Gasteiger partial charge in [0.25, 0.3) is 5.91 Å². The lowest BCUT2D eigenvalue weighted by Gasteiger charge is -2.29. The average molecular weight is 501 g/mol. The van der Waals surface area contributed by atoms with Crippen molar-refractivity contribution < 1.29 is 23.9 Å². The van der Waals surface area contributed by atoms with E-state index in [-0.39, 0.29) is 43.7 Å². The summed E-state index contributed by atoms with van der Waals surface area (Å²) < 4.78 is 5.25. The minimum atomic E-state index is -0.723. The van der Waals surface area contributed by atoms with Crippen molar-refractivity contribution in [3.63, 3.8) is 0 Å². The van der Waals surface area contributed by atoms with Crippen molar-refractivity contribution in [3.8, 4) is 17.1 Å². The summed E-state index contributed by atoms with van der Waals surface area (Å²) in [6, 6.07) is 13.3. The SMILES string of the molecule is COc1cccc(-c2nccc(NCC(=O)Nc3cccc4c3CN(C3CCC(=O)NC3=O)C4=O)n2)c1. The number of hydrogen-bond donors (Lipinski definition) is 3. The van der Waals surface area contributed by atoms with E-state index in [1.165, 1.54) is 4.90 Å². The summed E-state index contributed by atoms with van der Waals surface area (Å²) in [5.41, 5.74) is 2.33. The molecule has 0 bridgehead atoms. The quantitative estimate of drug-likeness (QED) is 0.418. The zero-order chi connectivity index (χ0) is 25.9. The van der Waals surface area contributed by atoms with Gasteiger partial charge in [0.1, 0.15) is 17.6 Å². The Morgan fingerprint density at radius 1 is 1.16 bits per heavy atom. The number of methoxy groups -OCH3 is 1. The number of amides is 4. The Bertz CT molecular complexity index is 1410. The van der Waals surface area contributed by atoms with Gasteiger partial charge in [-0.15, -0.1) is 0 Å². The molecule has 4 amide bonds. The summed E-state index contributed by atoms with van der Waals surface area (Å²) in [5.74, 6) is 0.184. The molecule has 11 heteroatoms. The van der Waals surface area contributed by atoms with E-state index in [0.717, 1.165) is 5.56 Å². The molecule has 3 aromatic rings. The number of benzene rings is 2. The van der Waals surface area contributed by atoms with Gasteiger partial charge in [-0.25, -0.2) is 9.97 Å². The van der Waals surface area contributed by atoms with Crippen LogP contribution in [0.1, 0.15) is 28.8 Å². The number of aromatic nitrogens is 2. The molecule has 1 saturated heterocycles. The Hall–Kier alpha value is -4.80. The Labute approximate surface area is 212 Å². The smallest absolute Gasteiger partial charge is 0.255 e. The molecule has 0 saturated carbocycles.